The van der Waals surface area contributed by atoms with Crippen LogP contribution in [0.3, 0.4) is 0 Å². The SMILES string of the molecule is Cc1c(C)c2c(c(C)c1O)CCC(C)(C(=O)OCNc1nc(NCOC(=O)C3(C)CCc4c(C)c(O)c(C)c(C)c4O3)nc(NCOC(=O)C3(C)CCc4c(C)c(C)c(O)c(C)c4O3)n1)O2. The van der Waals surface area contributed by atoms with Crippen LogP contribution in [0, 0.1) is 62.3 Å². The summed E-state index contributed by atoms with van der Waals surface area (Å²) in [6.07, 6.45) is 2.48. The number of nitrogens with one attached hydrogen (secondary N) is 3. The summed E-state index contributed by atoms with van der Waals surface area (Å²) in [7, 11) is 0. The maximum Gasteiger partial charge on any atom is 0.351 e. The van der Waals surface area contributed by atoms with Gasteiger partial charge in [0.05, 0.1) is 0 Å². The molecule has 3 atom stereocenters. The zero-order chi connectivity index (χ0) is 48.2. The van der Waals surface area contributed by atoms with Crippen molar-refractivity contribution < 1.29 is 58.1 Å². The van der Waals surface area contributed by atoms with E-state index in [1.807, 2.05) is 41.5 Å². The predicted molar refractivity (Wildman–Crippen MR) is 243 cm³/mol. The Morgan fingerprint density at radius 1 is 0.455 bits per heavy atom. The van der Waals surface area contributed by atoms with Crippen molar-refractivity contribution in [3.63, 3.8) is 0 Å². The monoisotopic (exact) mass is 912 g/mol. The molecule has 0 saturated carbocycles. The van der Waals surface area contributed by atoms with Crippen molar-refractivity contribution in [1.29, 1.82) is 0 Å². The molecular formula is C48H60N6O12. The van der Waals surface area contributed by atoms with Crippen molar-refractivity contribution in [1.82, 2.24) is 15.0 Å². The number of carbonyl (C=O) groups excluding carboxylic acids is 3. The van der Waals surface area contributed by atoms with Gasteiger partial charge in [0, 0.05) is 36.0 Å². The summed E-state index contributed by atoms with van der Waals surface area (Å²) in [5.41, 5.74) is 5.12. The van der Waals surface area contributed by atoms with E-state index in [0.29, 0.717) is 83.6 Å². The van der Waals surface area contributed by atoms with Crippen molar-refractivity contribution in [3.05, 3.63) is 66.8 Å². The van der Waals surface area contributed by atoms with Gasteiger partial charge in [-0.3, -0.25) is 0 Å². The molecule has 6 N–H and O–H groups in total. The molecule has 3 aliphatic rings. The van der Waals surface area contributed by atoms with Crippen LogP contribution in [0.4, 0.5) is 17.8 Å². The number of hydrogen-bond donors (Lipinski definition) is 6. The smallest absolute Gasteiger partial charge is 0.351 e. The molecule has 18 nitrogen and oxygen atoms in total. The third-order valence-corrected chi connectivity index (χ3v) is 13.8. The number of ether oxygens (including phenoxy) is 6. The van der Waals surface area contributed by atoms with E-state index < -0.39 is 34.7 Å². The van der Waals surface area contributed by atoms with Crippen molar-refractivity contribution in [3.8, 4) is 34.5 Å². The fraction of sp³-hybridized carbons (Fsp3) is 0.500. The second kappa shape index (κ2) is 17.6. The van der Waals surface area contributed by atoms with Gasteiger partial charge in [-0.2, -0.15) is 15.0 Å². The minimum absolute atomic E-state index is 0.0538. The predicted octanol–water partition coefficient (Wildman–Crippen LogP) is 6.85. The lowest BCUT2D eigenvalue weighted by molar-refractivity contribution is -0.162. The van der Waals surface area contributed by atoms with E-state index in [4.69, 9.17) is 28.4 Å². The fourth-order valence-corrected chi connectivity index (χ4v) is 8.76. The molecule has 3 aliphatic heterocycles. The zero-order valence-electron chi connectivity index (χ0n) is 39.7. The molecule has 0 amide bonds. The van der Waals surface area contributed by atoms with Crippen molar-refractivity contribution in [2.45, 2.75) is 138 Å². The summed E-state index contributed by atoms with van der Waals surface area (Å²) < 4.78 is 35.7. The van der Waals surface area contributed by atoms with Crippen LogP contribution in [0.25, 0.3) is 0 Å². The third-order valence-electron chi connectivity index (χ3n) is 13.8. The van der Waals surface area contributed by atoms with E-state index in [-0.39, 0.29) is 55.3 Å². The van der Waals surface area contributed by atoms with Crippen LogP contribution < -0.4 is 30.2 Å². The summed E-state index contributed by atoms with van der Waals surface area (Å²) in [6, 6.07) is 0. The minimum atomic E-state index is -1.35. The van der Waals surface area contributed by atoms with Crippen molar-refractivity contribution in [2.24, 2.45) is 0 Å². The van der Waals surface area contributed by atoms with Gasteiger partial charge in [0.15, 0.2) is 20.2 Å². The topological polar surface area (TPSA) is 242 Å². The van der Waals surface area contributed by atoms with Crippen LogP contribution in [-0.4, -0.2) is 85.2 Å². The summed E-state index contributed by atoms with van der Waals surface area (Å²) >= 11 is 0. The molecule has 66 heavy (non-hydrogen) atoms. The first kappa shape index (κ1) is 47.2. The van der Waals surface area contributed by atoms with Crippen LogP contribution in [0.15, 0.2) is 0 Å². The number of aromatic nitrogens is 3. The highest BCUT2D eigenvalue weighted by atomic mass is 16.6. The van der Waals surface area contributed by atoms with E-state index in [2.05, 4.69) is 30.9 Å². The van der Waals surface area contributed by atoms with E-state index >= 15 is 0 Å². The number of hydrogen-bond acceptors (Lipinski definition) is 18. The number of anilines is 3. The van der Waals surface area contributed by atoms with Gasteiger partial charge < -0.3 is 59.7 Å². The molecule has 3 aromatic carbocycles. The normalized spacial score (nSPS) is 20.5. The van der Waals surface area contributed by atoms with Crippen molar-refractivity contribution in [2.75, 3.05) is 36.1 Å². The van der Waals surface area contributed by atoms with Crippen LogP contribution in [0.1, 0.15) is 107 Å². The standard InChI is InChI=1S/C48H60N6O12/c1-22-23(2)36(57)30(9)39-31(22)13-16-48(12,66-39)42(60)63-21-51-45-53-43(49-19-61-40(58)46(10)17-14-32-28(7)34(55)24(3)26(5)37(32)64-46)52-44(54-45)50-20-62-41(59)47(11)18-15-33-29(8)35(56)25(4)27(6)38(33)65-47/h55-57H,13-21H2,1-12H3,(H3,49,50,51,52,53,54). The maximum absolute atomic E-state index is 13.5. The number of nitrogens with zero attached hydrogens (tertiary/aromatic N) is 3. The highest BCUT2D eigenvalue weighted by Gasteiger charge is 2.45. The second-order valence-electron chi connectivity index (χ2n) is 18.2. The number of carbonyl (C=O) groups is 3. The molecule has 0 fully saturated rings. The van der Waals surface area contributed by atoms with Crippen LogP contribution >= 0.6 is 0 Å². The molecule has 4 aromatic rings. The Labute approximate surface area is 383 Å². The van der Waals surface area contributed by atoms with Crippen LogP contribution in [0.5, 0.6) is 34.5 Å². The Bertz CT molecular complexity index is 2370. The Morgan fingerprint density at radius 2 is 0.727 bits per heavy atom. The van der Waals surface area contributed by atoms with Gasteiger partial charge in [0.2, 0.25) is 34.6 Å². The second-order valence-corrected chi connectivity index (χ2v) is 18.2. The van der Waals surface area contributed by atoms with Gasteiger partial charge in [-0.05, 0) is 152 Å². The van der Waals surface area contributed by atoms with Gasteiger partial charge >= 0.3 is 17.9 Å². The molecule has 0 bridgehead atoms. The zero-order valence-corrected chi connectivity index (χ0v) is 39.7. The average molecular weight is 913 g/mol. The first-order chi connectivity index (χ1) is 31.0. The number of aromatic hydroxyl groups is 3. The molecule has 0 spiro atoms. The third kappa shape index (κ3) is 8.48. The average Bonchev–Trinajstić information content (AvgIpc) is 3.29. The van der Waals surface area contributed by atoms with Gasteiger partial charge in [0.1, 0.15) is 34.5 Å². The molecule has 4 heterocycles. The number of benzene rings is 3. The highest BCUT2D eigenvalue weighted by molar-refractivity contribution is 5.82. The largest absolute Gasteiger partial charge is 0.507 e. The summed E-state index contributed by atoms with van der Waals surface area (Å²) in [5.74, 6) is 0.0155. The highest BCUT2D eigenvalue weighted by Crippen LogP contribution is 2.46. The number of rotatable bonds is 12. The Kier molecular flexibility index (Phi) is 12.6. The van der Waals surface area contributed by atoms with Gasteiger partial charge in [0.25, 0.3) is 0 Å². The first-order valence-corrected chi connectivity index (χ1v) is 22.0. The molecule has 0 aliphatic carbocycles. The quantitative estimate of drug-likeness (QED) is 0.0483. The number of esters is 3. The molecule has 354 valence electrons. The number of phenols is 3. The maximum atomic E-state index is 13.5. The fourth-order valence-electron chi connectivity index (χ4n) is 8.76. The molecule has 7 rings (SSSR count). The molecular weight excluding hydrogens is 853 g/mol. The van der Waals surface area contributed by atoms with Crippen LogP contribution in [-0.2, 0) is 47.9 Å². The van der Waals surface area contributed by atoms with Gasteiger partial charge in [-0.15, -0.1) is 0 Å². The van der Waals surface area contributed by atoms with E-state index in [1.54, 1.807) is 41.5 Å². The van der Waals surface area contributed by atoms with E-state index in [9.17, 15) is 29.7 Å². The summed E-state index contributed by atoms with van der Waals surface area (Å²) in [5, 5.41) is 40.5. The lowest BCUT2D eigenvalue weighted by Gasteiger charge is -2.36. The summed E-state index contributed by atoms with van der Waals surface area (Å²) in [6.45, 7) is 20.2. The van der Waals surface area contributed by atoms with E-state index in [1.165, 1.54) is 0 Å². The Balaban J connectivity index is 1.03. The first-order valence-electron chi connectivity index (χ1n) is 22.0. The molecule has 1 aromatic heterocycles. The molecule has 0 saturated heterocycles. The van der Waals surface area contributed by atoms with Gasteiger partial charge in [-0.1, -0.05) is 0 Å². The lowest BCUT2D eigenvalue weighted by atomic mass is 9.87. The number of fused-ring (bicyclic) bond motifs is 3. The Morgan fingerprint density at radius 3 is 1.06 bits per heavy atom. The summed E-state index contributed by atoms with van der Waals surface area (Å²) in [4.78, 5) is 53.7. The van der Waals surface area contributed by atoms with E-state index in [0.717, 1.165) is 38.9 Å². The lowest BCUT2D eigenvalue weighted by Crippen LogP contribution is -2.46. The molecule has 3 unspecified atom stereocenters. The molecule has 0 radical (unpaired) electrons. The van der Waals surface area contributed by atoms with Crippen LogP contribution in [0.2, 0.25) is 0 Å². The number of phenolic OH excluding ortho intramolecular Hbond substituents is 3. The minimum Gasteiger partial charge on any atom is -0.507 e. The van der Waals surface area contributed by atoms with Gasteiger partial charge in [-0.25, -0.2) is 14.4 Å². The molecule has 18 heteroatoms. The Hall–Kier alpha value is -6.72. The van der Waals surface area contributed by atoms with Crippen molar-refractivity contribution >= 4 is 35.8 Å².